The predicted octanol–water partition coefficient (Wildman–Crippen LogP) is 3.15. The van der Waals surface area contributed by atoms with Crippen LogP contribution in [-0.4, -0.2) is 31.2 Å². The first-order chi connectivity index (χ1) is 13.2. The molecule has 2 atom stereocenters. The van der Waals surface area contributed by atoms with Crippen molar-refractivity contribution in [1.29, 1.82) is 0 Å². The van der Waals surface area contributed by atoms with Crippen molar-refractivity contribution in [3.8, 4) is 0 Å². The van der Waals surface area contributed by atoms with E-state index in [0.29, 0.717) is 24.0 Å². The van der Waals surface area contributed by atoms with Crippen molar-refractivity contribution < 1.29 is 25.9 Å². The SMILES string of the molecule is O=S(=O)(O)c1ccc2c(c1[C@H]1c3ccccc3CC[C@H]1S(=O)(=O)O)CCCC2. The number of hydrogen-bond acceptors (Lipinski definition) is 4. The van der Waals surface area contributed by atoms with Crippen molar-refractivity contribution in [2.45, 2.75) is 54.6 Å². The number of hydrogen-bond donors (Lipinski definition) is 2. The lowest BCUT2D eigenvalue weighted by Crippen LogP contribution is -2.35. The van der Waals surface area contributed by atoms with Crippen LogP contribution in [0.4, 0.5) is 0 Å². The number of fused-ring (bicyclic) bond motifs is 2. The zero-order valence-electron chi connectivity index (χ0n) is 15.2. The van der Waals surface area contributed by atoms with Crippen LogP contribution in [0.3, 0.4) is 0 Å². The van der Waals surface area contributed by atoms with Gasteiger partial charge in [0.15, 0.2) is 0 Å². The average Bonchev–Trinajstić information content (AvgIpc) is 2.64. The Morgan fingerprint density at radius 2 is 1.54 bits per heavy atom. The molecule has 4 rings (SSSR count). The van der Waals surface area contributed by atoms with Crippen molar-refractivity contribution in [1.82, 2.24) is 0 Å². The summed E-state index contributed by atoms with van der Waals surface area (Å²) in [6, 6.07) is 10.4. The molecule has 2 aliphatic rings. The molecule has 0 saturated heterocycles. The second-order valence-corrected chi connectivity index (χ2v) is 10.6. The standard InChI is InChI=1S/C20H22O6S2/c21-27(22,23)17-11-9-13-5-1-3-7-15(13)19(17)20-16-8-4-2-6-14(16)10-12-18(20)28(24,25)26/h1,3,5,7,10,12,17,19H,2,4,6,8-9,11H2,(H,21,22,23)(H,24,25,26)/t17-,19+/m1/s1. The lowest BCUT2D eigenvalue weighted by molar-refractivity contribution is 0.442. The summed E-state index contributed by atoms with van der Waals surface area (Å²) in [6.07, 6.45) is 3.90. The van der Waals surface area contributed by atoms with Gasteiger partial charge in [-0.05, 0) is 72.4 Å². The van der Waals surface area contributed by atoms with E-state index in [-0.39, 0.29) is 11.3 Å². The Morgan fingerprint density at radius 3 is 2.25 bits per heavy atom. The van der Waals surface area contributed by atoms with Gasteiger partial charge in [0.2, 0.25) is 0 Å². The van der Waals surface area contributed by atoms with Gasteiger partial charge in [-0.25, -0.2) is 0 Å². The Morgan fingerprint density at radius 1 is 0.821 bits per heavy atom. The summed E-state index contributed by atoms with van der Waals surface area (Å²) < 4.78 is 68.8. The Balaban J connectivity index is 2.08. The summed E-state index contributed by atoms with van der Waals surface area (Å²) in [4.78, 5) is -0.261. The molecule has 2 aliphatic carbocycles. The van der Waals surface area contributed by atoms with E-state index in [0.717, 1.165) is 36.0 Å². The quantitative estimate of drug-likeness (QED) is 0.736. The maximum atomic E-state index is 12.3. The van der Waals surface area contributed by atoms with Crippen LogP contribution in [0.1, 0.15) is 53.0 Å². The van der Waals surface area contributed by atoms with Crippen molar-refractivity contribution in [3.05, 3.63) is 64.2 Å². The largest absolute Gasteiger partial charge is 0.294 e. The lowest BCUT2D eigenvalue weighted by Gasteiger charge is -2.35. The Labute approximate surface area is 165 Å². The lowest BCUT2D eigenvalue weighted by atomic mass is 9.74. The van der Waals surface area contributed by atoms with Crippen LogP contribution in [-0.2, 0) is 39.5 Å². The van der Waals surface area contributed by atoms with Gasteiger partial charge in [-0.1, -0.05) is 30.3 Å². The monoisotopic (exact) mass is 422 g/mol. The van der Waals surface area contributed by atoms with Gasteiger partial charge < -0.3 is 0 Å². The minimum Gasteiger partial charge on any atom is -0.285 e. The fraction of sp³-hybridized carbons (Fsp3) is 0.400. The summed E-state index contributed by atoms with van der Waals surface area (Å²) in [6.45, 7) is 0. The number of benzene rings is 2. The molecule has 0 saturated carbocycles. The van der Waals surface area contributed by atoms with Crippen LogP contribution < -0.4 is 0 Å². The highest BCUT2D eigenvalue weighted by Gasteiger charge is 2.42. The van der Waals surface area contributed by atoms with Crippen molar-refractivity contribution in [2.24, 2.45) is 0 Å². The molecule has 2 aromatic carbocycles. The molecular formula is C20H22O6S2. The summed E-state index contributed by atoms with van der Waals surface area (Å²) in [5, 5.41) is -1.16. The molecule has 150 valence electrons. The summed E-state index contributed by atoms with van der Waals surface area (Å²) in [7, 11) is -9.00. The van der Waals surface area contributed by atoms with Gasteiger partial charge in [0, 0.05) is 5.92 Å². The van der Waals surface area contributed by atoms with Gasteiger partial charge in [0.05, 0.1) is 10.1 Å². The average molecular weight is 423 g/mol. The molecule has 2 aromatic rings. The van der Waals surface area contributed by atoms with Gasteiger partial charge in [-0.3, -0.25) is 9.11 Å². The molecule has 0 spiro atoms. The number of aryl methyl sites for hydroxylation is 2. The van der Waals surface area contributed by atoms with Gasteiger partial charge in [0.25, 0.3) is 20.2 Å². The predicted molar refractivity (Wildman–Crippen MR) is 105 cm³/mol. The van der Waals surface area contributed by atoms with Gasteiger partial charge in [-0.15, -0.1) is 0 Å². The van der Waals surface area contributed by atoms with Gasteiger partial charge >= 0.3 is 0 Å². The second kappa shape index (κ2) is 6.95. The van der Waals surface area contributed by atoms with E-state index in [1.807, 2.05) is 12.1 Å². The summed E-state index contributed by atoms with van der Waals surface area (Å²) >= 11 is 0. The third-order valence-electron chi connectivity index (χ3n) is 5.97. The Kier molecular flexibility index (Phi) is 4.86. The van der Waals surface area contributed by atoms with Crippen LogP contribution >= 0.6 is 0 Å². The smallest absolute Gasteiger partial charge is 0.285 e. The van der Waals surface area contributed by atoms with Crippen LogP contribution in [0.25, 0.3) is 0 Å². The first-order valence-corrected chi connectivity index (χ1v) is 12.3. The van der Waals surface area contributed by atoms with E-state index in [9.17, 15) is 25.9 Å². The first-order valence-electron chi connectivity index (χ1n) is 9.34. The maximum absolute atomic E-state index is 12.3. The second-order valence-electron chi connectivity index (χ2n) is 7.57. The third-order valence-corrected chi connectivity index (χ3v) is 8.15. The minimum atomic E-state index is -4.56. The normalized spacial score (nSPS) is 22.4. The highest BCUT2D eigenvalue weighted by atomic mass is 32.2. The molecule has 2 N–H and O–H groups in total. The summed E-state index contributed by atoms with van der Waals surface area (Å²) in [5.74, 6) is -0.843. The Hall–Kier alpha value is -1.74. The highest BCUT2D eigenvalue weighted by molar-refractivity contribution is 7.86. The van der Waals surface area contributed by atoms with Gasteiger partial charge in [0.1, 0.15) is 0 Å². The van der Waals surface area contributed by atoms with E-state index in [1.54, 1.807) is 18.2 Å². The fourth-order valence-corrected chi connectivity index (χ4v) is 6.60. The molecule has 0 aromatic heterocycles. The van der Waals surface area contributed by atoms with Crippen LogP contribution in [0.15, 0.2) is 41.3 Å². The maximum Gasteiger partial charge on any atom is 0.294 e. The molecule has 6 nitrogen and oxygen atoms in total. The molecule has 0 unspecified atom stereocenters. The molecular weight excluding hydrogens is 400 g/mol. The zero-order chi connectivity index (χ0) is 20.1. The van der Waals surface area contributed by atoms with Crippen LogP contribution in [0, 0.1) is 0 Å². The summed E-state index contributed by atoms with van der Waals surface area (Å²) in [5.41, 5.74) is 3.72. The van der Waals surface area contributed by atoms with Gasteiger partial charge in [-0.2, -0.15) is 16.8 Å². The molecule has 0 radical (unpaired) electrons. The molecule has 0 heterocycles. The third kappa shape index (κ3) is 3.39. The molecule has 0 amide bonds. The number of rotatable bonds is 3. The van der Waals surface area contributed by atoms with Crippen LogP contribution in [0.2, 0.25) is 0 Å². The van der Waals surface area contributed by atoms with Crippen molar-refractivity contribution in [3.63, 3.8) is 0 Å². The van der Waals surface area contributed by atoms with Crippen LogP contribution in [0.5, 0.6) is 0 Å². The minimum absolute atomic E-state index is 0.190. The fourth-order valence-electron chi connectivity index (χ4n) is 4.79. The zero-order valence-corrected chi connectivity index (χ0v) is 16.8. The molecule has 0 aliphatic heterocycles. The van der Waals surface area contributed by atoms with E-state index in [4.69, 9.17) is 0 Å². The molecule has 28 heavy (non-hydrogen) atoms. The van der Waals surface area contributed by atoms with Crippen molar-refractivity contribution in [2.75, 3.05) is 0 Å². The van der Waals surface area contributed by atoms with E-state index in [2.05, 4.69) is 0 Å². The Bertz CT molecular complexity index is 1140. The highest BCUT2D eigenvalue weighted by Crippen LogP contribution is 2.45. The molecule has 0 bridgehead atoms. The topological polar surface area (TPSA) is 109 Å². The van der Waals surface area contributed by atoms with E-state index >= 15 is 0 Å². The van der Waals surface area contributed by atoms with Crippen molar-refractivity contribution >= 4 is 20.2 Å². The molecule has 0 fully saturated rings. The molecule has 8 heteroatoms. The first kappa shape index (κ1) is 19.6. The van der Waals surface area contributed by atoms with E-state index in [1.165, 1.54) is 6.07 Å². The van der Waals surface area contributed by atoms with E-state index < -0.39 is 31.4 Å².